The Kier molecular flexibility index (Phi) is 1.86. The van der Waals surface area contributed by atoms with Crippen LogP contribution in [0.2, 0.25) is 0 Å². The number of hydrogen-bond acceptors (Lipinski definition) is 3. The van der Waals surface area contributed by atoms with Crippen molar-refractivity contribution in [3.8, 4) is 11.8 Å². The lowest BCUT2D eigenvalue weighted by atomic mass is 9.80. The van der Waals surface area contributed by atoms with Crippen LogP contribution in [0.5, 0.6) is 0 Å². The fourth-order valence-corrected chi connectivity index (χ4v) is 5.76. The van der Waals surface area contributed by atoms with Gasteiger partial charge in [0.2, 0.25) is 0 Å². The minimum absolute atomic E-state index is 0.195. The molecule has 3 heteroatoms. The highest BCUT2D eigenvalue weighted by atomic mass is 32.2. The molecule has 1 nitrogen and oxygen atoms in total. The van der Waals surface area contributed by atoms with Gasteiger partial charge in [0.1, 0.15) is 0 Å². The van der Waals surface area contributed by atoms with E-state index in [4.69, 9.17) is 0 Å². The van der Waals surface area contributed by atoms with E-state index < -0.39 is 0 Å². The smallest absolute Gasteiger partial charge is 0.265 e. The van der Waals surface area contributed by atoms with Crippen molar-refractivity contribution in [1.29, 1.82) is 0 Å². The Morgan fingerprint density at radius 3 is 2.00 bits per heavy atom. The summed E-state index contributed by atoms with van der Waals surface area (Å²) in [7, 11) is 0. The van der Waals surface area contributed by atoms with Gasteiger partial charge in [0.15, 0.2) is 0 Å². The van der Waals surface area contributed by atoms with Gasteiger partial charge in [0.25, 0.3) is 4.06 Å². The van der Waals surface area contributed by atoms with Crippen LogP contribution >= 0.6 is 22.7 Å². The molecule has 0 N–H and O–H groups in total. The van der Waals surface area contributed by atoms with Crippen LogP contribution in [0.15, 0.2) is 16.9 Å². The summed E-state index contributed by atoms with van der Waals surface area (Å²) in [4.78, 5) is 11.5. The van der Waals surface area contributed by atoms with Gasteiger partial charge in [-0.2, -0.15) is 0 Å². The van der Waals surface area contributed by atoms with Crippen molar-refractivity contribution in [2.24, 2.45) is 23.7 Å². The van der Waals surface area contributed by atoms with Crippen LogP contribution in [-0.4, -0.2) is 0 Å². The Balaban J connectivity index is 1.84. The molecule has 0 radical (unpaired) electrons. The van der Waals surface area contributed by atoms with E-state index in [1.807, 2.05) is 0 Å². The highest BCUT2D eigenvalue weighted by molar-refractivity contribution is 7.35. The van der Waals surface area contributed by atoms with Gasteiger partial charge < -0.3 is 0 Å². The second-order valence-electron chi connectivity index (χ2n) is 5.61. The standard InChI is InChI=1S/C16H10OS2/c17-16-18-14-6-10-4-12-8-1-2-9(3-8)13(12)5-11(10)7-15(14)19-16/h4-9,12-13H,3H2. The van der Waals surface area contributed by atoms with Crippen LogP contribution in [0.3, 0.4) is 0 Å². The minimum Gasteiger partial charge on any atom is -0.265 e. The zero-order valence-corrected chi connectivity index (χ0v) is 11.7. The van der Waals surface area contributed by atoms with E-state index in [9.17, 15) is 4.79 Å². The van der Waals surface area contributed by atoms with Crippen molar-refractivity contribution in [1.82, 2.24) is 0 Å². The predicted molar refractivity (Wildman–Crippen MR) is 80.5 cm³/mol. The monoisotopic (exact) mass is 282 g/mol. The molecule has 1 aromatic heterocycles. The Morgan fingerprint density at radius 1 is 0.947 bits per heavy atom. The zero-order chi connectivity index (χ0) is 12.6. The first-order chi connectivity index (χ1) is 9.28. The molecule has 19 heavy (non-hydrogen) atoms. The molecule has 4 unspecified atom stereocenters. The first-order valence-corrected chi connectivity index (χ1v) is 8.20. The summed E-state index contributed by atoms with van der Waals surface area (Å²) in [5, 5.41) is 2.61. The lowest BCUT2D eigenvalue weighted by Gasteiger charge is -2.23. The summed E-state index contributed by atoms with van der Waals surface area (Å²) < 4.78 is 2.46. The fourth-order valence-electron chi connectivity index (χ4n) is 3.76. The molecule has 1 saturated carbocycles. The molecule has 0 spiro atoms. The molecule has 3 aliphatic carbocycles. The van der Waals surface area contributed by atoms with Crippen LogP contribution < -0.4 is 14.5 Å². The topological polar surface area (TPSA) is 17.1 Å². The van der Waals surface area contributed by atoms with E-state index in [0.29, 0.717) is 23.7 Å². The van der Waals surface area contributed by atoms with Crippen molar-refractivity contribution >= 4 is 44.2 Å². The maximum absolute atomic E-state index is 11.5. The molecule has 1 fully saturated rings. The first-order valence-electron chi connectivity index (χ1n) is 6.56. The molecule has 0 saturated heterocycles. The van der Waals surface area contributed by atoms with Gasteiger partial charge in [-0.1, -0.05) is 46.7 Å². The van der Waals surface area contributed by atoms with E-state index in [-0.39, 0.29) is 4.06 Å². The normalized spacial score (nSPS) is 33.1. The third kappa shape index (κ3) is 1.34. The van der Waals surface area contributed by atoms with Crippen molar-refractivity contribution < 1.29 is 0 Å². The minimum atomic E-state index is 0.195. The van der Waals surface area contributed by atoms with Gasteiger partial charge in [0, 0.05) is 21.2 Å². The van der Waals surface area contributed by atoms with Gasteiger partial charge in [-0.3, -0.25) is 4.79 Å². The Bertz CT molecular complexity index is 879. The molecule has 1 aromatic carbocycles. The highest BCUT2D eigenvalue weighted by Crippen LogP contribution is 2.46. The summed E-state index contributed by atoms with van der Waals surface area (Å²) in [6, 6.07) is 4.39. The molecule has 92 valence electrons. The average Bonchev–Trinajstić information content (AvgIpc) is 3.06. The molecule has 4 atom stereocenters. The molecule has 0 aliphatic heterocycles. The molecule has 5 rings (SSSR count). The second-order valence-corrected chi connectivity index (χ2v) is 7.90. The van der Waals surface area contributed by atoms with Crippen LogP contribution in [0.4, 0.5) is 0 Å². The van der Waals surface area contributed by atoms with Crippen molar-refractivity contribution in [3.63, 3.8) is 0 Å². The van der Waals surface area contributed by atoms with Crippen LogP contribution in [0.25, 0.3) is 21.6 Å². The summed E-state index contributed by atoms with van der Waals surface area (Å²) in [5.41, 5.74) is 0. The molecular formula is C16H10OS2. The van der Waals surface area contributed by atoms with Gasteiger partial charge in [-0.15, -0.1) is 0 Å². The molecular weight excluding hydrogens is 272 g/mol. The van der Waals surface area contributed by atoms with Crippen LogP contribution in [-0.2, 0) is 0 Å². The van der Waals surface area contributed by atoms with Gasteiger partial charge >= 0.3 is 0 Å². The largest absolute Gasteiger partial charge is 0.288 e. The average molecular weight is 282 g/mol. The Labute approximate surface area is 117 Å². The molecule has 2 bridgehead atoms. The molecule has 3 aliphatic rings. The summed E-state index contributed by atoms with van der Waals surface area (Å²) in [5.74, 6) is 9.10. The first kappa shape index (κ1) is 10.4. The SMILES string of the molecule is O=c1sc2cc3c(cc2s1)=CC1C2C#CC(C2)C1C=3. The van der Waals surface area contributed by atoms with Crippen LogP contribution in [0.1, 0.15) is 6.42 Å². The van der Waals surface area contributed by atoms with Gasteiger partial charge in [-0.25, -0.2) is 0 Å². The molecule has 1 heterocycles. The van der Waals surface area contributed by atoms with E-state index in [0.717, 1.165) is 9.40 Å². The van der Waals surface area contributed by atoms with E-state index in [1.165, 1.54) is 39.5 Å². The summed E-state index contributed by atoms with van der Waals surface area (Å²) in [6.45, 7) is 0. The van der Waals surface area contributed by atoms with E-state index >= 15 is 0 Å². The van der Waals surface area contributed by atoms with Crippen molar-refractivity contribution in [3.05, 3.63) is 31.4 Å². The maximum Gasteiger partial charge on any atom is 0.288 e. The van der Waals surface area contributed by atoms with Crippen molar-refractivity contribution in [2.45, 2.75) is 6.42 Å². The van der Waals surface area contributed by atoms with Gasteiger partial charge in [0.05, 0.1) is 0 Å². The van der Waals surface area contributed by atoms with E-state index in [1.54, 1.807) is 0 Å². The fraction of sp³-hybridized carbons (Fsp3) is 0.312. The number of hydrogen-bond donors (Lipinski definition) is 0. The second kappa shape index (κ2) is 3.39. The summed E-state index contributed by atoms with van der Waals surface area (Å²) in [6.07, 6.45) is 6.04. The third-order valence-corrected chi connectivity index (χ3v) is 6.69. The summed E-state index contributed by atoms with van der Waals surface area (Å²) >= 11 is 2.73. The zero-order valence-electron chi connectivity index (χ0n) is 10.1. The maximum atomic E-state index is 11.5. The number of fused-ring (bicyclic) bond motifs is 7. The van der Waals surface area contributed by atoms with Gasteiger partial charge in [-0.05, 0) is 40.8 Å². The van der Waals surface area contributed by atoms with E-state index in [2.05, 4.69) is 36.1 Å². The number of rotatable bonds is 0. The predicted octanol–water partition coefficient (Wildman–Crippen LogP) is 1.78. The lowest BCUT2D eigenvalue weighted by molar-refractivity contribution is 0.509. The molecule has 0 amide bonds. The van der Waals surface area contributed by atoms with Crippen molar-refractivity contribution in [2.75, 3.05) is 0 Å². The molecule has 2 aromatic rings. The Morgan fingerprint density at radius 2 is 1.47 bits per heavy atom. The third-order valence-electron chi connectivity index (χ3n) is 4.62. The number of benzene rings is 1. The Hall–Kier alpha value is -1.37. The highest BCUT2D eigenvalue weighted by Gasteiger charge is 2.43. The lowest BCUT2D eigenvalue weighted by Crippen LogP contribution is -2.34. The van der Waals surface area contributed by atoms with Crippen LogP contribution in [0, 0.1) is 35.5 Å². The quantitative estimate of drug-likeness (QED) is 0.673.